The second-order valence-electron chi connectivity index (χ2n) is 6.58. The molecule has 0 bridgehead atoms. The van der Waals surface area contributed by atoms with Gasteiger partial charge in [0, 0.05) is 15.7 Å². The van der Waals surface area contributed by atoms with Crippen LogP contribution in [0.1, 0.15) is 13.8 Å². The summed E-state index contributed by atoms with van der Waals surface area (Å²) in [6, 6.07) is 11.7. The van der Waals surface area contributed by atoms with E-state index in [1.807, 2.05) is 0 Å². The van der Waals surface area contributed by atoms with Gasteiger partial charge in [0.25, 0.3) is 5.56 Å². The van der Waals surface area contributed by atoms with Crippen molar-refractivity contribution in [1.29, 1.82) is 0 Å². The first-order valence-corrected chi connectivity index (χ1v) is 10.5. The Bertz CT molecular complexity index is 1120. The van der Waals surface area contributed by atoms with Gasteiger partial charge in [-0.3, -0.25) is 14.2 Å². The lowest BCUT2D eigenvalue weighted by Crippen LogP contribution is -2.29. The fourth-order valence-corrected chi connectivity index (χ4v) is 3.99. The van der Waals surface area contributed by atoms with Gasteiger partial charge in [-0.1, -0.05) is 41.0 Å². The van der Waals surface area contributed by atoms with Crippen molar-refractivity contribution in [3.63, 3.8) is 0 Å². The third kappa shape index (κ3) is 5.30. The standard InChI is InChI=1S/C20H19Cl2N3O3S/c1-11(26)10-25-19(28)16-7-6-14(22)9-17(16)24-20(25)29-12(2)18(27)23-15-5-3-4-13(21)8-15/h3-9,11-12,26H,10H2,1-2H3,(H,23,27)/t11-,12-/m0/s1. The number of benzene rings is 2. The van der Waals surface area contributed by atoms with E-state index in [1.165, 1.54) is 4.57 Å². The van der Waals surface area contributed by atoms with E-state index >= 15 is 0 Å². The lowest BCUT2D eigenvalue weighted by atomic mass is 10.2. The Hall–Kier alpha value is -2.06. The van der Waals surface area contributed by atoms with Crippen LogP contribution in [0, 0.1) is 0 Å². The van der Waals surface area contributed by atoms with Crippen LogP contribution >= 0.6 is 35.0 Å². The maximum absolute atomic E-state index is 12.9. The maximum atomic E-state index is 12.9. The predicted molar refractivity (Wildman–Crippen MR) is 118 cm³/mol. The summed E-state index contributed by atoms with van der Waals surface area (Å²) in [4.78, 5) is 30.0. The number of halogens is 2. The van der Waals surface area contributed by atoms with Crippen molar-refractivity contribution in [2.45, 2.75) is 36.9 Å². The molecule has 2 N–H and O–H groups in total. The molecule has 0 unspecified atom stereocenters. The van der Waals surface area contributed by atoms with Crippen LogP contribution in [-0.4, -0.2) is 31.9 Å². The van der Waals surface area contributed by atoms with Gasteiger partial charge in [-0.15, -0.1) is 0 Å². The summed E-state index contributed by atoms with van der Waals surface area (Å²) >= 11 is 13.1. The molecule has 2 atom stereocenters. The van der Waals surface area contributed by atoms with Gasteiger partial charge in [-0.2, -0.15) is 0 Å². The van der Waals surface area contributed by atoms with E-state index in [-0.39, 0.29) is 18.0 Å². The average Bonchev–Trinajstić information content (AvgIpc) is 2.64. The van der Waals surface area contributed by atoms with Crippen LogP contribution in [-0.2, 0) is 11.3 Å². The molecule has 0 saturated carbocycles. The van der Waals surface area contributed by atoms with Crippen LogP contribution in [0.3, 0.4) is 0 Å². The van der Waals surface area contributed by atoms with Gasteiger partial charge in [0.1, 0.15) is 0 Å². The third-order valence-corrected chi connectivity index (χ3v) is 5.63. The zero-order chi connectivity index (χ0) is 21.1. The van der Waals surface area contributed by atoms with Gasteiger partial charge >= 0.3 is 0 Å². The fraction of sp³-hybridized carbons (Fsp3) is 0.250. The molecule has 0 aliphatic heterocycles. The van der Waals surface area contributed by atoms with Crippen molar-refractivity contribution < 1.29 is 9.90 Å². The molecular weight excluding hydrogens is 433 g/mol. The van der Waals surface area contributed by atoms with E-state index < -0.39 is 11.4 Å². The number of aromatic nitrogens is 2. The van der Waals surface area contributed by atoms with Crippen LogP contribution in [0.2, 0.25) is 10.0 Å². The number of fused-ring (bicyclic) bond motifs is 1. The second kappa shape index (κ2) is 9.17. The maximum Gasteiger partial charge on any atom is 0.262 e. The van der Waals surface area contributed by atoms with Gasteiger partial charge in [0.15, 0.2) is 5.16 Å². The van der Waals surface area contributed by atoms with E-state index in [4.69, 9.17) is 23.2 Å². The number of aliphatic hydroxyl groups is 1. The number of nitrogens with one attached hydrogen (secondary N) is 1. The smallest absolute Gasteiger partial charge is 0.262 e. The molecule has 0 radical (unpaired) electrons. The summed E-state index contributed by atoms with van der Waals surface area (Å²) in [5.74, 6) is -0.263. The minimum absolute atomic E-state index is 0.0648. The van der Waals surface area contributed by atoms with E-state index in [0.717, 1.165) is 11.8 Å². The van der Waals surface area contributed by atoms with Gasteiger partial charge < -0.3 is 10.4 Å². The number of anilines is 1. The van der Waals surface area contributed by atoms with E-state index in [2.05, 4.69) is 10.3 Å². The molecule has 29 heavy (non-hydrogen) atoms. The molecule has 1 amide bonds. The SMILES string of the molecule is C[C@H](O)Cn1c(S[C@@H](C)C(=O)Nc2cccc(Cl)c2)nc2cc(Cl)ccc2c1=O. The highest BCUT2D eigenvalue weighted by atomic mass is 35.5. The van der Waals surface area contributed by atoms with Crippen LogP contribution in [0.5, 0.6) is 0 Å². The molecule has 1 heterocycles. The monoisotopic (exact) mass is 451 g/mol. The summed E-state index contributed by atoms with van der Waals surface area (Å²) in [6.45, 7) is 3.36. The van der Waals surface area contributed by atoms with E-state index in [0.29, 0.717) is 31.8 Å². The Kier molecular flexibility index (Phi) is 6.85. The topological polar surface area (TPSA) is 84.2 Å². The predicted octanol–water partition coefficient (Wildman–Crippen LogP) is 4.20. The summed E-state index contributed by atoms with van der Waals surface area (Å²) < 4.78 is 1.38. The van der Waals surface area contributed by atoms with Crippen molar-refractivity contribution in [3.05, 3.63) is 62.9 Å². The molecule has 2 aromatic carbocycles. The molecule has 9 heteroatoms. The Morgan fingerprint density at radius 1 is 1.21 bits per heavy atom. The molecular formula is C20H19Cl2N3O3S. The number of carbonyl (C=O) groups is 1. The van der Waals surface area contributed by atoms with Crippen molar-refractivity contribution >= 4 is 57.5 Å². The zero-order valence-electron chi connectivity index (χ0n) is 15.7. The fourth-order valence-electron chi connectivity index (χ4n) is 2.71. The first-order chi connectivity index (χ1) is 13.7. The highest BCUT2D eigenvalue weighted by Gasteiger charge is 2.20. The quantitative estimate of drug-likeness (QED) is 0.433. The van der Waals surface area contributed by atoms with Crippen LogP contribution < -0.4 is 10.9 Å². The average molecular weight is 452 g/mol. The molecule has 3 aromatic rings. The largest absolute Gasteiger partial charge is 0.392 e. The zero-order valence-corrected chi connectivity index (χ0v) is 18.1. The van der Waals surface area contributed by atoms with Gasteiger partial charge in [-0.25, -0.2) is 4.98 Å². The van der Waals surface area contributed by atoms with Crippen molar-refractivity contribution in [3.8, 4) is 0 Å². The number of aliphatic hydroxyl groups excluding tert-OH is 1. The summed E-state index contributed by atoms with van der Waals surface area (Å²) in [5, 5.41) is 13.8. The number of carbonyl (C=O) groups excluding carboxylic acids is 1. The molecule has 0 aliphatic rings. The molecule has 3 rings (SSSR count). The molecule has 1 aromatic heterocycles. The van der Waals surface area contributed by atoms with Crippen molar-refractivity contribution in [1.82, 2.24) is 9.55 Å². The first kappa shape index (κ1) is 21.6. The van der Waals surface area contributed by atoms with Crippen molar-refractivity contribution in [2.75, 3.05) is 5.32 Å². The minimum atomic E-state index is -0.755. The summed E-state index contributed by atoms with van der Waals surface area (Å²) in [5.41, 5.74) is 0.724. The molecule has 0 aliphatic carbocycles. The van der Waals surface area contributed by atoms with Gasteiger partial charge in [0.2, 0.25) is 5.91 Å². The molecule has 0 fully saturated rings. The van der Waals surface area contributed by atoms with Gasteiger partial charge in [0.05, 0.1) is 28.8 Å². The Morgan fingerprint density at radius 3 is 2.62 bits per heavy atom. The lowest BCUT2D eigenvalue weighted by molar-refractivity contribution is -0.115. The molecule has 6 nitrogen and oxygen atoms in total. The highest BCUT2D eigenvalue weighted by Crippen LogP contribution is 2.25. The molecule has 152 valence electrons. The van der Waals surface area contributed by atoms with Crippen LogP contribution in [0.4, 0.5) is 5.69 Å². The highest BCUT2D eigenvalue weighted by molar-refractivity contribution is 8.00. The van der Waals surface area contributed by atoms with E-state index in [9.17, 15) is 14.7 Å². The number of hydrogen-bond acceptors (Lipinski definition) is 5. The number of nitrogens with zero attached hydrogens (tertiary/aromatic N) is 2. The van der Waals surface area contributed by atoms with Gasteiger partial charge in [-0.05, 0) is 50.2 Å². The van der Waals surface area contributed by atoms with Crippen molar-refractivity contribution in [2.24, 2.45) is 0 Å². The molecule has 0 saturated heterocycles. The number of rotatable bonds is 6. The minimum Gasteiger partial charge on any atom is -0.392 e. The van der Waals surface area contributed by atoms with Crippen LogP contribution in [0.15, 0.2) is 52.4 Å². The first-order valence-electron chi connectivity index (χ1n) is 8.86. The van der Waals surface area contributed by atoms with E-state index in [1.54, 1.807) is 56.3 Å². The Labute approximate surface area is 181 Å². The second-order valence-corrected chi connectivity index (χ2v) is 8.76. The number of thioether (sulfide) groups is 1. The third-order valence-electron chi connectivity index (χ3n) is 4.07. The van der Waals surface area contributed by atoms with Crippen LogP contribution in [0.25, 0.3) is 10.9 Å². The normalized spacial score (nSPS) is 13.3. The Morgan fingerprint density at radius 2 is 1.93 bits per heavy atom. The Balaban J connectivity index is 1.92. The summed E-state index contributed by atoms with van der Waals surface area (Å²) in [7, 11) is 0. The lowest BCUT2D eigenvalue weighted by Gasteiger charge is -2.17. The number of amides is 1. The summed E-state index contributed by atoms with van der Waals surface area (Å²) in [6.07, 6.45) is -0.755. The number of hydrogen-bond donors (Lipinski definition) is 2. The molecule has 0 spiro atoms.